The van der Waals surface area contributed by atoms with Crippen molar-refractivity contribution in [3.63, 3.8) is 0 Å². The zero-order valence-electron chi connectivity index (χ0n) is 14.7. The molecule has 0 spiro atoms. The quantitative estimate of drug-likeness (QED) is 0.373. The summed E-state index contributed by atoms with van der Waals surface area (Å²) in [5.41, 5.74) is 11.0. The Labute approximate surface area is 157 Å². The summed E-state index contributed by atoms with van der Waals surface area (Å²) in [6, 6.07) is 20.9. The lowest BCUT2D eigenvalue weighted by Gasteiger charge is -2.12. The van der Waals surface area contributed by atoms with Crippen molar-refractivity contribution in [2.24, 2.45) is 0 Å². The second-order valence-corrected chi connectivity index (χ2v) is 8.14. The third-order valence-corrected chi connectivity index (χ3v) is 4.89. The molecule has 5 N–H and O–H groups in total. The maximum atomic E-state index is 11.4. The molecule has 4 aromatic rings. The summed E-state index contributed by atoms with van der Waals surface area (Å²) in [5.74, 6) is 0. The molecule has 3 aromatic carbocycles. The zero-order chi connectivity index (χ0) is 19.0. The van der Waals surface area contributed by atoms with Gasteiger partial charge in [-0.15, -0.1) is 0 Å². The van der Waals surface area contributed by atoms with E-state index < -0.39 is 10.0 Å². The third kappa shape index (κ3) is 3.50. The van der Waals surface area contributed by atoms with Crippen LogP contribution in [0.1, 0.15) is 0 Å². The van der Waals surface area contributed by atoms with E-state index >= 15 is 0 Å². The molecule has 27 heavy (non-hydrogen) atoms. The van der Waals surface area contributed by atoms with Crippen LogP contribution >= 0.6 is 0 Å². The van der Waals surface area contributed by atoms with Gasteiger partial charge in [0.1, 0.15) is 5.69 Å². The van der Waals surface area contributed by atoms with Gasteiger partial charge in [0, 0.05) is 17.4 Å². The second kappa shape index (κ2) is 6.44. The number of nitrogens with one attached hydrogen (secondary N) is 3. The van der Waals surface area contributed by atoms with Crippen LogP contribution in [0, 0.1) is 0 Å². The third-order valence-electron chi connectivity index (χ3n) is 4.28. The molecule has 6 nitrogen and oxygen atoms in total. The van der Waals surface area contributed by atoms with Gasteiger partial charge in [0.05, 0.1) is 22.7 Å². The van der Waals surface area contributed by atoms with Gasteiger partial charge in [-0.25, -0.2) is 13.4 Å². The number of aromatic nitrogens is 1. The number of nitrogen functional groups attached to an aromatic ring is 1. The fraction of sp³-hybridized carbons (Fsp3) is 0.0500. The number of sulfonamides is 1. The van der Waals surface area contributed by atoms with Crippen LogP contribution in [-0.2, 0) is 10.0 Å². The summed E-state index contributed by atoms with van der Waals surface area (Å²) in [7, 11) is -3.30. The van der Waals surface area contributed by atoms with Crippen molar-refractivity contribution in [3.05, 3.63) is 66.7 Å². The Bertz CT molecular complexity index is 1250. The summed E-state index contributed by atoms with van der Waals surface area (Å²) < 4.78 is 25.2. The maximum Gasteiger partial charge on any atom is 0.236 e. The first-order valence-electron chi connectivity index (χ1n) is 8.38. The van der Waals surface area contributed by atoms with Crippen LogP contribution in [0.4, 0.5) is 22.7 Å². The number of rotatable bonds is 4. The van der Waals surface area contributed by atoms with E-state index in [4.69, 9.17) is 5.73 Å². The molecule has 136 valence electrons. The fourth-order valence-corrected chi connectivity index (χ4v) is 3.69. The first kappa shape index (κ1) is 17.1. The van der Waals surface area contributed by atoms with Crippen molar-refractivity contribution in [1.82, 2.24) is 0 Å². The summed E-state index contributed by atoms with van der Waals surface area (Å²) in [6.45, 7) is 0. The number of benzene rings is 3. The predicted molar refractivity (Wildman–Crippen MR) is 111 cm³/mol. The van der Waals surface area contributed by atoms with Crippen LogP contribution in [0.15, 0.2) is 66.7 Å². The zero-order valence-corrected chi connectivity index (χ0v) is 15.5. The van der Waals surface area contributed by atoms with Crippen molar-refractivity contribution in [1.29, 1.82) is 0 Å². The number of fused-ring (bicyclic) bond motifs is 2. The van der Waals surface area contributed by atoms with Crippen LogP contribution in [0.25, 0.3) is 21.8 Å². The molecule has 0 radical (unpaired) electrons. The molecular weight excluding hydrogens is 360 g/mol. The van der Waals surface area contributed by atoms with Crippen LogP contribution in [0.2, 0.25) is 0 Å². The van der Waals surface area contributed by atoms with Crippen LogP contribution < -0.4 is 20.8 Å². The molecule has 4 rings (SSSR count). The van der Waals surface area contributed by atoms with Gasteiger partial charge in [-0.05, 0) is 42.5 Å². The predicted octanol–water partition coefficient (Wildman–Crippen LogP) is 3.50. The van der Waals surface area contributed by atoms with Crippen molar-refractivity contribution in [3.8, 4) is 0 Å². The molecule has 0 aliphatic rings. The highest BCUT2D eigenvalue weighted by molar-refractivity contribution is 7.92. The number of para-hydroxylation sites is 2. The first-order chi connectivity index (χ1) is 12.9. The monoisotopic (exact) mass is 379 g/mol. The minimum absolute atomic E-state index is 0.517. The van der Waals surface area contributed by atoms with E-state index in [1.165, 1.54) is 0 Å². The molecule has 0 saturated carbocycles. The number of aromatic amines is 1. The smallest absolute Gasteiger partial charge is 0.236 e. The molecule has 0 aliphatic carbocycles. The highest BCUT2D eigenvalue weighted by atomic mass is 32.2. The molecule has 0 saturated heterocycles. The van der Waals surface area contributed by atoms with Gasteiger partial charge < -0.3 is 11.1 Å². The fourth-order valence-electron chi connectivity index (χ4n) is 3.12. The van der Waals surface area contributed by atoms with Gasteiger partial charge in [0.2, 0.25) is 21.1 Å². The SMILES string of the molecule is CS(=O)(=O)Nc1ccc(Nc2c3ccccc3[nH+]c3c(N)cccc23)cc1. The Morgan fingerprint density at radius 2 is 1.52 bits per heavy atom. The number of pyridine rings is 1. The number of hydrogen-bond donors (Lipinski definition) is 3. The van der Waals surface area contributed by atoms with Crippen LogP contribution in [0.5, 0.6) is 0 Å². The van der Waals surface area contributed by atoms with Crippen LogP contribution in [0.3, 0.4) is 0 Å². The molecule has 7 heteroatoms. The number of nitrogens with two attached hydrogens (primary N) is 1. The number of hydrogen-bond acceptors (Lipinski definition) is 4. The van der Waals surface area contributed by atoms with E-state index in [0.717, 1.165) is 39.4 Å². The Kier molecular flexibility index (Phi) is 4.08. The number of anilines is 4. The maximum absolute atomic E-state index is 11.4. The van der Waals surface area contributed by atoms with E-state index in [0.29, 0.717) is 11.4 Å². The Morgan fingerprint density at radius 1 is 0.852 bits per heavy atom. The van der Waals surface area contributed by atoms with Gasteiger partial charge in [0.15, 0.2) is 0 Å². The Balaban J connectivity index is 1.82. The molecule has 0 unspecified atom stereocenters. The van der Waals surface area contributed by atoms with Gasteiger partial charge in [-0.3, -0.25) is 4.72 Å². The summed E-state index contributed by atoms with van der Waals surface area (Å²) in [4.78, 5) is 3.40. The lowest BCUT2D eigenvalue weighted by Crippen LogP contribution is -2.10. The van der Waals surface area contributed by atoms with Gasteiger partial charge in [-0.2, -0.15) is 0 Å². The summed E-state index contributed by atoms with van der Waals surface area (Å²) in [5, 5.41) is 5.47. The minimum atomic E-state index is -3.30. The minimum Gasteiger partial charge on any atom is -0.393 e. The average molecular weight is 379 g/mol. The molecule has 1 heterocycles. The van der Waals surface area contributed by atoms with Crippen molar-refractivity contribution >= 4 is 54.6 Å². The molecule has 0 atom stereocenters. The van der Waals surface area contributed by atoms with Gasteiger partial charge in [-0.1, -0.05) is 18.2 Å². The highest BCUT2D eigenvalue weighted by Gasteiger charge is 2.16. The Hall–Kier alpha value is -3.32. The molecule has 0 bridgehead atoms. The van der Waals surface area contributed by atoms with Gasteiger partial charge >= 0.3 is 0 Å². The van der Waals surface area contributed by atoms with E-state index in [1.807, 2.05) is 54.6 Å². The van der Waals surface area contributed by atoms with Crippen molar-refractivity contribution < 1.29 is 13.4 Å². The summed E-state index contributed by atoms with van der Waals surface area (Å²) in [6.07, 6.45) is 1.13. The lowest BCUT2D eigenvalue weighted by atomic mass is 10.1. The molecule has 1 aromatic heterocycles. The van der Waals surface area contributed by atoms with Crippen molar-refractivity contribution in [2.75, 3.05) is 22.0 Å². The highest BCUT2D eigenvalue weighted by Crippen LogP contribution is 2.33. The van der Waals surface area contributed by atoms with Crippen LogP contribution in [-0.4, -0.2) is 14.7 Å². The molecular formula is C20H19N4O2S+. The standard InChI is InChI=1S/C20H18N4O2S/c1-27(25,26)24-14-11-9-13(10-12-14)22-19-15-5-2-3-8-18(15)23-20-16(19)6-4-7-17(20)21/h2-12,24H,21H2,1H3,(H,22,23)/p+1. The van der Waals surface area contributed by atoms with Gasteiger partial charge in [0.25, 0.3) is 0 Å². The number of H-pyrrole nitrogens is 1. The molecule has 0 fully saturated rings. The normalized spacial score (nSPS) is 11.6. The van der Waals surface area contributed by atoms with E-state index in [9.17, 15) is 8.42 Å². The largest absolute Gasteiger partial charge is 0.393 e. The van der Waals surface area contributed by atoms with E-state index in [2.05, 4.69) is 15.0 Å². The lowest BCUT2D eigenvalue weighted by molar-refractivity contribution is -0.309. The molecule has 0 amide bonds. The average Bonchev–Trinajstić information content (AvgIpc) is 2.63. The van der Waals surface area contributed by atoms with E-state index in [1.54, 1.807) is 12.1 Å². The summed E-state index contributed by atoms with van der Waals surface area (Å²) >= 11 is 0. The Morgan fingerprint density at radius 3 is 2.26 bits per heavy atom. The topological polar surface area (TPSA) is 98.4 Å². The van der Waals surface area contributed by atoms with Crippen molar-refractivity contribution in [2.45, 2.75) is 0 Å². The van der Waals surface area contributed by atoms with E-state index in [-0.39, 0.29) is 0 Å². The molecule has 0 aliphatic heterocycles. The second-order valence-electron chi connectivity index (χ2n) is 6.39. The first-order valence-corrected chi connectivity index (χ1v) is 10.3.